The van der Waals surface area contributed by atoms with Crippen LogP contribution >= 0.6 is 0 Å². The lowest BCUT2D eigenvalue weighted by atomic mass is 10.2. The molecular formula is C18H16N4O3. The van der Waals surface area contributed by atoms with E-state index in [-0.39, 0.29) is 11.9 Å². The zero-order chi connectivity index (χ0) is 17.2. The third-order valence-corrected chi connectivity index (χ3v) is 3.94. The number of anilines is 1. The molecule has 2 aromatic heterocycles. The van der Waals surface area contributed by atoms with Gasteiger partial charge in [0.2, 0.25) is 0 Å². The predicted molar refractivity (Wildman–Crippen MR) is 89.7 cm³/mol. The molecule has 0 radical (unpaired) electrons. The zero-order valence-electron chi connectivity index (χ0n) is 13.6. The lowest BCUT2D eigenvalue weighted by molar-refractivity contribution is 0.101. The zero-order valence-corrected chi connectivity index (χ0v) is 13.6. The van der Waals surface area contributed by atoms with Crippen molar-refractivity contribution in [1.29, 1.82) is 0 Å². The minimum absolute atomic E-state index is 0.272. The van der Waals surface area contributed by atoms with E-state index in [1.807, 2.05) is 13.0 Å². The first-order chi connectivity index (χ1) is 12.2. The highest BCUT2D eigenvalue weighted by Gasteiger charge is 2.28. The summed E-state index contributed by atoms with van der Waals surface area (Å²) in [5, 5.41) is 6.69. The number of hydrogen-bond donors (Lipinski definition) is 1. The van der Waals surface area contributed by atoms with Crippen LogP contribution in [0, 0.1) is 6.92 Å². The Morgan fingerprint density at radius 3 is 2.76 bits per heavy atom. The van der Waals surface area contributed by atoms with E-state index in [2.05, 4.69) is 20.4 Å². The maximum atomic E-state index is 12.3. The van der Waals surface area contributed by atoms with Gasteiger partial charge in [0.1, 0.15) is 11.5 Å². The van der Waals surface area contributed by atoms with Crippen LogP contribution in [0.5, 0.6) is 11.8 Å². The minimum Gasteiger partial charge on any atom is -0.424 e. The molecule has 25 heavy (non-hydrogen) atoms. The normalized spacial score (nSPS) is 13.5. The SMILES string of the molecule is Cc1cc(Oc2ncccn2)ccc1NC(=O)c1cc(C2CC2)on1. The summed E-state index contributed by atoms with van der Waals surface area (Å²) in [6, 6.07) is 9.03. The standard InChI is InChI=1S/C18H16N4O3/c1-11-9-13(24-18-19-7-2-8-20-18)5-6-14(11)21-17(23)15-10-16(25-22-15)12-3-4-12/h2,5-10,12H,3-4H2,1H3,(H,21,23). The van der Waals surface area contributed by atoms with E-state index < -0.39 is 0 Å². The number of amides is 1. The maximum absolute atomic E-state index is 12.3. The smallest absolute Gasteiger partial charge is 0.321 e. The number of ether oxygens (including phenoxy) is 1. The van der Waals surface area contributed by atoms with E-state index in [9.17, 15) is 4.79 Å². The molecular weight excluding hydrogens is 320 g/mol. The van der Waals surface area contributed by atoms with Crippen LogP contribution in [0.25, 0.3) is 0 Å². The number of nitrogens with zero attached hydrogens (tertiary/aromatic N) is 3. The predicted octanol–water partition coefficient (Wildman–Crippen LogP) is 3.70. The number of aromatic nitrogens is 3. The highest BCUT2D eigenvalue weighted by Crippen LogP contribution is 2.40. The summed E-state index contributed by atoms with van der Waals surface area (Å²) >= 11 is 0. The van der Waals surface area contributed by atoms with Crippen molar-refractivity contribution < 1.29 is 14.1 Å². The van der Waals surface area contributed by atoms with Gasteiger partial charge < -0.3 is 14.6 Å². The summed E-state index contributed by atoms with van der Waals surface area (Å²) in [5.74, 6) is 1.51. The van der Waals surface area contributed by atoms with Gasteiger partial charge in [-0.1, -0.05) is 5.16 Å². The molecule has 2 heterocycles. The minimum atomic E-state index is -0.293. The van der Waals surface area contributed by atoms with Crippen LogP contribution in [0.15, 0.2) is 47.2 Å². The van der Waals surface area contributed by atoms with Gasteiger partial charge in [0.05, 0.1) is 0 Å². The quantitative estimate of drug-likeness (QED) is 0.764. The van der Waals surface area contributed by atoms with E-state index in [1.54, 1.807) is 36.7 Å². The summed E-state index contributed by atoms with van der Waals surface area (Å²) in [4.78, 5) is 20.3. The summed E-state index contributed by atoms with van der Waals surface area (Å²) in [6.45, 7) is 1.88. The van der Waals surface area contributed by atoms with Crippen LogP contribution < -0.4 is 10.1 Å². The highest BCUT2D eigenvalue weighted by atomic mass is 16.5. The number of carbonyl (C=O) groups is 1. The fourth-order valence-corrected chi connectivity index (χ4v) is 2.43. The average molecular weight is 336 g/mol. The Bertz CT molecular complexity index is 904. The molecule has 1 aromatic carbocycles. The molecule has 7 heteroatoms. The number of benzene rings is 1. The van der Waals surface area contributed by atoms with Gasteiger partial charge in [-0.3, -0.25) is 4.79 Å². The third kappa shape index (κ3) is 3.50. The molecule has 126 valence electrons. The van der Waals surface area contributed by atoms with Crippen LogP contribution in [0.1, 0.15) is 40.6 Å². The van der Waals surface area contributed by atoms with Crippen LogP contribution in [0.3, 0.4) is 0 Å². The molecule has 0 unspecified atom stereocenters. The van der Waals surface area contributed by atoms with Gasteiger partial charge in [0, 0.05) is 30.1 Å². The molecule has 0 bridgehead atoms. The Morgan fingerprint density at radius 1 is 1.24 bits per heavy atom. The van der Waals surface area contributed by atoms with E-state index in [4.69, 9.17) is 9.26 Å². The third-order valence-electron chi connectivity index (χ3n) is 3.94. The molecule has 3 aromatic rings. The molecule has 1 saturated carbocycles. The molecule has 0 saturated heterocycles. The largest absolute Gasteiger partial charge is 0.424 e. The van der Waals surface area contributed by atoms with Crippen LogP contribution in [-0.4, -0.2) is 21.0 Å². The molecule has 7 nitrogen and oxygen atoms in total. The molecule has 1 fully saturated rings. The van der Waals surface area contributed by atoms with Crippen molar-refractivity contribution in [3.8, 4) is 11.8 Å². The van der Waals surface area contributed by atoms with Crippen molar-refractivity contribution in [2.75, 3.05) is 5.32 Å². The summed E-state index contributed by atoms with van der Waals surface area (Å²) in [5.41, 5.74) is 1.83. The fraction of sp³-hybridized carbons (Fsp3) is 0.222. The van der Waals surface area contributed by atoms with Crippen molar-refractivity contribution in [2.24, 2.45) is 0 Å². The van der Waals surface area contributed by atoms with Crippen molar-refractivity contribution >= 4 is 11.6 Å². The lowest BCUT2D eigenvalue weighted by Gasteiger charge is -2.09. The maximum Gasteiger partial charge on any atom is 0.321 e. The summed E-state index contributed by atoms with van der Waals surface area (Å²) in [7, 11) is 0. The number of aryl methyl sites for hydroxylation is 1. The van der Waals surface area contributed by atoms with Crippen molar-refractivity contribution in [1.82, 2.24) is 15.1 Å². The monoisotopic (exact) mass is 336 g/mol. The Morgan fingerprint density at radius 2 is 2.04 bits per heavy atom. The number of hydrogen-bond acceptors (Lipinski definition) is 6. The second kappa shape index (κ2) is 6.35. The summed E-state index contributed by atoms with van der Waals surface area (Å²) < 4.78 is 10.8. The Kier molecular flexibility index (Phi) is 3.89. The molecule has 4 rings (SSSR count). The van der Waals surface area contributed by atoms with Crippen molar-refractivity contribution in [3.05, 3.63) is 59.7 Å². The Balaban J connectivity index is 1.45. The topological polar surface area (TPSA) is 90.1 Å². The van der Waals surface area contributed by atoms with Crippen LogP contribution in [0.4, 0.5) is 5.69 Å². The first-order valence-electron chi connectivity index (χ1n) is 8.02. The van der Waals surface area contributed by atoms with E-state index >= 15 is 0 Å². The molecule has 1 aliphatic carbocycles. The highest BCUT2D eigenvalue weighted by molar-refractivity contribution is 6.03. The molecule has 1 aliphatic rings. The molecule has 0 atom stereocenters. The van der Waals surface area contributed by atoms with E-state index in [0.29, 0.717) is 23.0 Å². The first-order valence-corrected chi connectivity index (χ1v) is 8.02. The number of nitrogens with one attached hydrogen (secondary N) is 1. The van der Waals surface area contributed by atoms with Gasteiger partial charge in [0.25, 0.3) is 5.91 Å². The van der Waals surface area contributed by atoms with E-state index in [0.717, 1.165) is 24.2 Å². The second-order valence-corrected chi connectivity index (χ2v) is 5.95. The van der Waals surface area contributed by atoms with Gasteiger partial charge in [-0.25, -0.2) is 9.97 Å². The van der Waals surface area contributed by atoms with Crippen molar-refractivity contribution in [3.63, 3.8) is 0 Å². The van der Waals surface area contributed by atoms with Gasteiger partial charge >= 0.3 is 6.01 Å². The molecule has 0 spiro atoms. The Hall–Kier alpha value is -3.22. The van der Waals surface area contributed by atoms with Crippen LogP contribution in [-0.2, 0) is 0 Å². The summed E-state index contributed by atoms with van der Waals surface area (Å²) in [6.07, 6.45) is 5.42. The first kappa shape index (κ1) is 15.3. The number of rotatable bonds is 5. The Labute approximate surface area is 144 Å². The van der Waals surface area contributed by atoms with E-state index in [1.165, 1.54) is 0 Å². The van der Waals surface area contributed by atoms with Gasteiger partial charge in [-0.15, -0.1) is 0 Å². The lowest BCUT2D eigenvalue weighted by Crippen LogP contribution is -2.13. The second-order valence-electron chi connectivity index (χ2n) is 5.95. The molecule has 0 aliphatic heterocycles. The molecule has 1 N–H and O–H groups in total. The average Bonchev–Trinajstić information content (AvgIpc) is 3.35. The van der Waals surface area contributed by atoms with Crippen LogP contribution in [0.2, 0.25) is 0 Å². The molecule has 1 amide bonds. The van der Waals surface area contributed by atoms with Gasteiger partial charge in [-0.2, -0.15) is 0 Å². The van der Waals surface area contributed by atoms with Gasteiger partial charge in [0.15, 0.2) is 5.69 Å². The van der Waals surface area contributed by atoms with Crippen molar-refractivity contribution in [2.45, 2.75) is 25.7 Å². The van der Waals surface area contributed by atoms with Gasteiger partial charge in [-0.05, 0) is 49.6 Å². The number of carbonyl (C=O) groups excluding carboxylic acids is 1. The fourth-order valence-electron chi connectivity index (χ4n) is 2.43.